The number of hydrogen-bond donors (Lipinski definition) is 0. The number of benzene rings is 2. The van der Waals surface area contributed by atoms with Crippen molar-refractivity contribution >= 4 is 33.0 Å². The van der Waals surface area contributed by atoms with Gasteiger partial charge in [-0.05, 0) is 28.1 Å². The zero-order valence-corrected chi connectivity index (χ0v) is 11.8. The monoisotopic (exact) mass is 325 g/mol. The Bertz CT molecular complexity index is 861. The summed E-state index contributed by atoms with van der Waals surface area (Å²) in [5.74, 6) is 0.312. The molecule has 0 aliphatic heterocycles. The van der Waals surface area contributed by atoms with Crippen LogP contribution in [-0.2, 0) is 0 Å². The van der Waals surface area contributed by atoms with Crippen molar-refractivity contribution in [3.63, 3.8) is 0 Å². The number of fused-ring (bicyclic) bond motifs is 1. The van der Waals surface area contributed by atoms with Crippen LogP contribution in [0.25, 0.3) is 16.5 Å². The second-order valence-corrected chi connectivity index (χ2v) is 4.99. The lowest BCUT2D eigenvalue weighted by molar-refractivity contribution is 0.111. The first kappa shape index (κ1) is 12.6. The van der Waals surface area contributed by atoms with Crippen LogP contribution in [0, 0.1) is 11.3 Å². The summed E-state index contributed by atoms with van der Waals surface area (Å²) in [4.78, 5) is 15.2. The number of aromatic nitrogens is 2. The molecule has 0 N–H and O–H groups in total. The van der Waals surface area contributed by atoms with Crippen LogP contribution in [0.2, 0.25) is 0 Å². The largest absolute Gasteiger partial charge is 0.294 e. The van der Waals surface area contributed by atoms with Gasteiger partial charge in [-0.1, -0.05) is 24.3 Å². The van der Waals surface area contributed by atoms with Crippen LogP contribution in [0.1, 0.15) is 16.2 Å². The number of rotatable bonds is 2. The van der Waals surface area contributed by atoms with E-state index in [9.17, 15) is 10.1 Å². The average molecular weight is 326 g/mol. The van der Waals surface area contributed by atoms with Crippen LogP contribution >= 0.6 is 15.9 Å². The molecule has 1 heterocycles. The van der Waals surface area contributed by atoms with Gasteiger partial charge in [0.2, 0.25) is 0 Å². The normalized spacial score (nSPS) is 10.4. The van der Waals surface area contributed by atoms with E-state index in [0.717, 1.165) is 16.5 Å². The Morgan fingerprint density at radius 1 is 1.20 bits per heavy atom. The van der Waals surface area contributed by atoms with Gasteiger partial charge in [0.25, 0.3) is 0 Å². The second-order valence-electron chi connectivity index (χ2n) is 4.18. The van der Waals surface area contributed by atoms with Crippen LogP contribution in [0.15, 0.2) is 47.2 Å². The highest BCUT2D eigenvalue weighted by Gasteiger charge is 2.13. The SMILES string of the molecule is N#Cc1ccc(-n2c(Br)cnc2C=O)c2ccccc12. The summed E-state index contributed by atoms with van der Waals surface area (Å²) in [5, 5.41) is 10.9. The summed E-state index contributed by atoms with van der Waals surface area (Å²) in [6.07, 6.45) is 2.29. The molecule has 2 aromatic carbocycles. The maximum atomic E-state index is 11.1. The molecule has 3 aromatic rings. The molecule has 0 aliphatic carbocycles. The van der Waals surface area contributed by atoms with Crippen molar-refractivity contribution in [3.05, 3.63) is 58.6 Å². The van der Waals surface area contributed by atoms with E-state index in [-0.39, 0.29) is 0 Å². The number of halogens is 1. The molecule has 4 nitrogen and oxygen atoms in total. The Labute approximate surface area is 123 Å². The second kappa shape index (κ2) is 4.91. The maximum Gasteiger partial charge on any atom is 0.185 e. The van der Waals surface area contributed by atoms with Crippen molar-refractivity contribution in [2.24, 2.45) is 0 Å². The first-order valence-electron chi connectivity index (χ1n) is 5.87. The van der Waals surface area contributed by atoms with Gasteiger partial charge in [0.05, 0.1) is 23.5 Å². The molecule has 5 heteroatoms. The van der Waals surface area contributed by atoms with E-state index in [1.165, 1.54) is 0 Å². The molecule has 0 radical (unpaired) electrons. The predicted molar refractivity (Wildman–Crippen MR) is 78.9 cm³/mol. The van der Waals surface area contributed by atoms with E-state index in [2.05, 4.69) is 27.0 Å². The Kier molecular flexibility index (Phi) is 3.09. The molecule has 3 rings (SSSR count). The van der Waals surface area contributed by atoms with Crippen LogP contribution in [0.3, 0.4) is 0 Å². The summed E-state index contributed by atoms with van der Waals surface area (Å²) < 4.78 is 2.41. The van der Waals surface area contributed by atoms with Crippen molar-refractivity contribution in [1.82, 2.24) is 9.55 Å². The van der Waals surface area contributed by atoms with Gasteiger partial charge in [0.1, 0.15) is 4.60 Å². The molecule has 0 saturated heterocycles. The van der Waals surface area contributed by atoms with Gasteiger partial charge in [0.15, 0.2) is 12.1 Å². The fraction of sp³-hybridized carbons (Fsp3) is 0. The summed E-state index contributed by atoms with van der Waals surface area (Å²) in [6, 6.07) is 13.3. The molecule has 0 fully saturated rings. The molecule has 0 amide bonds. The van der Waals surface area contributed by atoms with Crippen molar-refractivity contribution in [3.8, 4) is 11.8 Å². The molecule has 1 aromatic heterocycles. The van der Waals surface area contributed by atoms with Crippen LogP contribution < -0.4 is 0 Å². The highest BCUT2D eigenvalue weighted by atomic mass is 79.9. The first-order valence-corrected chi connectivity index (χ1v) is 6.66. The minimum atomic E-state index is 0.312. The zero-order valence-electron chi connectivity index (χ0n) is 10.2. The zero-order chi connectivity index (χ0) is 14.1. The van der Waals surface area contributed by atoms with Gasteiger partial charge in [-0.25, -0.2) is 4.98 Å². The third-order valence-electron chi connectivity index (χ3n) is 3.11. The third-order valence-corrected chi connectivity index (χ3v) is 3.67. The summed E-state index contributed by atoms with van der Waals surface area (Å²) in [7, 11) is 0. The molecule has 0 spiro atoms. The highest BCUT2D eigenvalue weighted by molar-refractivity contribution is 9.10. The van der Waals surface area contributed by atoms with E-state index >= 15 is 0 Å². The number of nitriles is 1. The fourth-order valence-electron chi connectivity index (χ4n) is 2.24. The standard InChI is InChI=1S/C15H8BrN3O/c16-14-8-18-15(9-20)19(14)13-6-5-10(7-17)11-3-1-2-4-12(11)13/h1-6,8-9H. The highest BCUT2D eigenvalue weighted by Crippen LogP contribution is 2.28. The van der Waals surface area contributed by atoms with E-state index in [0.29, 0.717) is 22.3 Å². The lowest BCUT2D eigenvalue weighted by atomic mass is 10.0. The number of carbonyl (C=O) groups is 1. The number of carbonyl (C=O) groups excluding carboxylic acids is 1. The van der Waals surface area contributed by atoms with Gasteiger partial charge in [0, 0.05) is 10.8 Å². The molecular formula is C15H8BrN3O. The van der Waals surface area contributed by atoms with Crippen LogP contribution in [0.4, 0.5) is 0 Å². The van der Waals surface area contributed by atoms with Gasteiger partial charge in [-0.3, -0.25) is 9.36 Å². The minimum absolute atomic E-state index is 0.312. The smallest absolute Gasteiger partial charge is 0.185 e. The van der Waals surface area contributed by atoms with Gasteiger partial charge in [-0.15, -0.1) is 0 Å². The van der Waals surface area contributed by atoms with Crippen LogP contribution in [0.5, 0.6) is 0 Å². The Morgan fingerprint density at radius 2 is 1.95 bits per heavy atom. The average Bonchev–Trinajstić information content (AvgIpc) is 2.87. The first-order chi connectivity index (χ1) is 9.76. The van der Waals surface area contributed by atoms with Gasteiger partial charge >= 0.3 is 0 Å². The lowest BCUT2D eigenvalue weighted by Gasteiger charge is -2.11. The van der Waals surface area contributed by atoms with Crippen molar-refractivity contribution < 1.29 is 4.79 Å². The molecule has 0 atom stereocenters. The fourth-order valence-corrected chi connectivity index (χ4v) is 2.72. The number of aldehydes is 1. The van der Waals surface area contributed by atoms with Crippen LogP contribution in [-0.4, -0.2) is 15.8 Å². The third kappa shape index (κ3) is 1.82. The summed E-state index contributed by atoms with van der Waals surface area (Å²) in [5.41, 5.74) is 1.42. The molecule has 96 valence electrons. The molecule has 0 bridgehead atoms. The van der Waals surface area contributed by atoms with E-state index in [1.807, 2.05) is 30.3 Å². The maximum absolute atomic E-state index is 11.1. The molecule has 0 aliphatic rings. The van der Waals surface area contributed by atoms with Crippen molar-refractivity contribution in [2.45, 2.75) is 0 Å². The predicted octanol–water partition coefficient (Wildman–Crippen LogP) is 3.47. The number of imidazole rings is 1. The van der Waals surface area contributed by atoms with Crippen molar-refractivity contribution in [2.75, 3.05) is 0 Å². The van der Waals surface area contributed by atoms with E-state index in [4.69, 9.17) is 0 Å². The Hall–Kier alpha value is -2.45. The quantitative estimate of drug-likeness (QED) is 0.678. The Balaban J connectivity index is 2.42. The summed E-state index contributed by atoms with van der Waals surface area (Å²) in [6.45, 7) is 0. The Morgan fingerprint density at radius 3 is 2.65 bits per heavy atom. The van der Waals surface area contributed by atoms with Gasteiger partial charge in [-0.2, -0.15) is 5.26 Å². The van der Waals surface area contributed by atoms with E-state index < -0.39 is 0 Å². The molecule has 0 saturated carbocycles. The molecule has 0 unspecified atom stereocenters. The molecule has 20 heavy (non-hydrogen) atoms. The number of hydrogen-bond acceptors (Lipinski definition) is 3. The molecular weight excluding hydrogens is 318 g/mol. The number of nitrogens with zero attached hydrogens (tertiary/aromatic N) is 3. The lowest BCUT2D eigenvalue weighted by Crippen LogP contribution is -2.01. The summed E-state index contributed by atoms with van der Waals surface area (Å²) >= 11 is 3.39. The van der Waals surface area contributed by atoms with E-state index in [1.54, 1.807) is 16.8 Å². The van der Waals surface area contributed by atoms with Gasteiger partial charge < -0.3 is 0 Å². The topological polar surface area (TPSA) is 58.7 Å². The van der Waals surface area contributed by atoms with Crippen molar-refractivity contribution in [1.29, 1.82) is 5.26 Å². The minimum Gasteiger partial charge on any atom is -0.294 e.